The second kappa shape index (κ2) is 5.70. The molecule has 0 saturated carbocycles. The summed E-state index contributed by atoms with van der Waals surface area (Å²) in [6.45, 7) is 5.48. The van der Waals surface area contributed by atoms with Crippen LogP contribution in [0.4, 0.5) is 8.78 Å². The summed E-state index contributed by atoms with van der Waals surface area (Å²) in [5, 5.41) is 0. The van der Waals surface area contributed by atoms with Crippen molar-refractivity contribution in [1.29, 1.82) is 0 Å². The normalized spacial score (nSPS) is 15.6. The van der Waals surface area contributed by atoms with Crippen molar-refractivity contribution >= 4 is 21.6 Å². The van der Waals surface area contributed by atoms with Crippen LogP contribution in [0.5, 0.6) is 0 Å². The molecule has 1 heterocycles. The van der Waals surface area contributed by atoms with Crippen LogP contribution in [-0.2, 0) is 0 Å². The van der Waals surface area contributed by atoms with E-state index in [4.69, 9.17) is 0 Å². The third kappa shape index (κ3) is 2.95. The highest BCUT2D eigenvalue weighted by molar-refractivity contribution is 9.12. The number of hydrogen-bond acceptors (Lipinski definition) is 1. The van der Waals surface area contributed by atoms with E-state index in [-0.39, 0.29) is 6.54 Å². The number of aryl methyl sites for hydroxylation is 1. The van der Waals surface area contributed by atoms with Gasteiger partial charge in [0.05, 0.1) is 6.54 Å². The van der Waals surface area contributed by atoms with Crippen LogP contribution >= 0.6 is 15.9 Å². The van der Waals surface area contributed by atoms with Gasteiger partial charge in [-0.25, -0.2) is 8.78 Å². The molecule has 1 aliphatic rings. The molecule has 4 heteroatoms. The summed E-state index contributed by atoms with van der Waals surface area (Å²) in [6.07, 6.45) is 1.26. The molecule has 1 aromatic carbocycles. The van der Waals surface area contributed by atoms with Crippen molar-refractivity contribution in [2.24, 2.45) is 0 Å². The lowest BCUT2D eigenvalue weighted by Crippen LogP contribution is -2.28. The summed E-state index contributed by atoms with van der Waals surface area (Å²) in [5.41, 5.74) is 3.31. The zero-order valence-electron chi connectivity index (χ0n) is 10.5. The van der Waals surface area contributed by atoms with Crippen LogP contribution in [-0.4, -0.2) is 17.9 Å². The maximum absolute atomic E-state index is 12.8. The summed E-state index contributed by atoms with van der Waals surface area (Å²) in [7, 11) is 0. The predicted octanol–water partition coefficient (Wildman–Crippen LogP) is 4.71. The molecule has 0 amide bonds. The fourth-order valence-electron chi connectivity index (χ4n) is 2.05. The average molecular weight is 326 g/mol. The summed E-state index contributed by atoms with van der Waals surface area (Å²) >= 11 is 3.33. The Kier molecular flexibility index (Phi) is 4.20. The molecule has 0 N–H and O–H groups in total. The number of allylic oxidation sites excluding steroid dienone is 3. The molecule has 1 aliphatic heterocycles. The number of rotatable bonds is 3. The number of nitrogens with zero attached hydrogens (tertiary/aromatic N) is 1. The molecular weight excluding hydrogens is 312 g/mol. The highest BCUT2D eigenvalue weighted by atomic mass is 79.9. The van der Waals surface area contributed by atoms with Gasteiger partial charge in [-0.3, -0.25) is 0 Å². The Morgan fingerprint density at radius 3 is 2.58 bits per heavy atom. The van der Waals surface area contributed by atoms with Gasteiger partial charge in [0.15, 0.2) is 0 Å². The van der Waals surface area contributed by atoms with Crippen molar-refractivity contribution < 1.29 is 8.78 Å². The van der Waals surface area contributed by atoms with Gasteiger partial charge in [-0.05, 0) is 40.6 Å². The Bertz CT molecular complexity index is 561. The zero-order chi connectivity index (χ0) is 14.0. The van der Waals surface area contributed by atoms with Gasteiger partial charge in [0.2, 0.25) is 0 Å². The van der Waals surface area contributed by atoms with Gasteiger partial charge >= 0.3 is 0 Å². The summed E-state index contributed by atoms with van der Waals surface area (Å²) in [4.78, 5) is 1.55. The first-order valence-electron chi connectivity index (χ1n) is 5.89. The number of alkyl halides is 2. The number of benzene rings is 1. The van der Waals surface area contributed by atoms with Crippen molar-refractivity contribution in [3.05, 3.63) is 64.3 Å². The number of halogens is 3. The predicted molar refractivity (Wildman–Crippen MR) is 78.0 cm³/mol. The Morgan fingerprint density at radius 2 is 1.95 bits per heavy atom. The minimum atomic E-state index is -2.41. The maximum Gasteiger partial charge on any atom is 0.256 e. The van der Waals surface area contributed by atoms with E-state index in [0.29, 0.717) is 5.70 Å². The minimum absolute atomic E-state index is 0.359. The Labute approximate surface area is 120 Å². The third-order valence-electron chi connectivity index (χ3n) is 3.02. The minimum Gasteiger partial charge on any atom is -0.335 e. The van der Waals surface area contributed by atoms with E-state index in [1.165, 1.54) is 0 Å². The summed E-state index contributed by atoms with van der Waals surface area (Å²) < 4.78 is 26.3. The molecule has 0 bridgehead atoms. The van der Waals surface area contributed by atoms with Crippen LogP contribution in [0, 0.1) is 6.92 Å². The van der Waals surface area contributed by atoms with E-state index < -0.39 is 6.43 Å². The van der Waals surface area contributed by atoms with E-state index in [9.17, 15) is 8.78 Å². The Balaban J connectivity index is 2.46. The maximum atomic E-state index is 12.8. The van der Waals surface area contributed by atoms with Crippen molar-refractivity contribution in [2.75, 3.05) is 6.54 Å². The second-order valence-electron chi connectivity index (χ2n) is 4.33. The summed E-state index contributed by atoms with van der Waals surface area (Å²) in [5.74, 6) is 0. The SMILES string of the molecule is C=C1C(Br)=CC=C(c2ccccc2C)N1CC(F)F. The molecular formula is C15H14BrF2N. The molecule has 0 saturated heterocycles. The van der Waals surface area contributed by atoms with Gasteiger partial charge in [-0.2, -0.15) is 0 Å². The van der Waals surface area contributed by atoms with Crippen LogP contribution in [0.2, 0.25) is 0 Å². The van der Waals surface area contributed by atoms with Gasteiger partial charge in [0.25, 0.3) is 6.43 Å². The first kappa shape index (κ1) is 14.0. The lowest BCUT2D eigenvalue weighted by molar-refractivity contribution is 0.123. The third-order valence-corrected chi connectivity index (χ3v) is 3.74. The van der Waals surface area contributed by atoms with Crippen molar-refractivity contribution in [3.63, 3.8) is 0 Å². The average Bonchev–Trinajstić information content (AvgIpc) is 2.36. The first-order valence-corrected chi connectivity index (χ1v) is 6.68. The quantitative estimate of drug-likeness (QED) is 0.778. The van der Waals surface area contributed by atoms with Crippen molar-refractivity contribution in [1.82, 2.24) is 4.90 Å². The largest absolute Gasteiger partial charge is 0.335 e. The van der Waals surface area contributed by atoms with E-state index in [1.807, 2.05) is 43.3 Å². The molecule has 2 rings (SSSR count). The molecule has 0 atom stereocenters. The van der Waals surface area contributed by atoms with Gasteiger partial charge in [0, 0.05) is 21.4 Å². The monoisotopic (exact) mass is 325 g/mol. The highest BCUT2D eigenvalue weighted by Gasteiger charge is 2.23. The van der Waals surface area contributed by atoms with Crippen LogP contribution in [0.3, 0.4) is 0 Å². The van der Waals surface area contributed by atoms with Gasteiger partial charge in [0.1, 0.15) is 0 Å². The molecule has 0 aromatic heterocycles. The van der Waals surface area contributed by atoms with Crippen LogP contribution in [0.25, 0.3) is 5.70 Å². The lowest BCUT2D eigenvalue weighted by Gasteiger charge is -2.32. The molecule has 19 heavy (non-hydrogen) atoms. The standard InChI is InChI=1S/C15H14BrF2N/c1-10-5-3-4-6-12(10)14-8-7-13(16)11(2)19(14)9-15(17)18/h3-8,15H,2,9H2,1H3. The van der Waals surface area contributed by atoms with Crippen LogP contribution < -0.4 is 0 Å². The molecule has 0 unspecified atom stereocenters. The van der Waals surface area contributed by atoms with E-state index in [1.54, 1.807) is 4.90 Å². The highest BCUT2D eigenvalue weighted by Crippen LogP contribution is 2.34. The summed E-state index contributed by atoms with van der Waals surface area (Å²) in [6, 6.07) is 7.73. The molecule has 1 aromatic rings. The lowest BCUT2D eigenvalue weighted by atomic mass is 10.0. The van der Waals surface area contributed by atoms with Crippen molar-refractivity contribution in [2.45, 2.75) is 13.3 Å². The van der Waals surface area contributed by atoms with Crippen molar-refractivity contribution in [3.8, 4) is 0 Å². The smallest absolute Gasteiger partial charge is 0.256 e. The fourth-order valence-corrected chi connectivity index (χ4v) is 2.40. The molecule has 0 aliphatic carbocycles. The van der Waals surface area contributed by atoms with E-state index >= 15 is 0 Å². The van der Waals surface area contributed by atoms with Gasteiger partial charge < -0.3 is 4.90 Å². The molecule has 100 valence electrons. The van der Waals surface area contributed by atoms with Crippen LogP contribution in [0.15, 0.2) is 53.2 Å². The second-order valence-corrected chi connectivity index (χ2v) is 5.18. The van der Waals surface area contributed by atoms with Crippen LogP contribution in [0.1, 0.15) is 11.1 Å². The molecule has 0 spiro atoms. The zero-order valence-corrected chi connectivity index (χ0v) is 12.1. The molecule has 1 nitrogen and oxygen atoms in total. The molecule has 0 fully saturated rings. The first-order chi connectivity index (χ1) is 9.00. The Morgan fingerprint density at radius 1 is 1.26 bits per heavy atom. The number of hydrogen-bond donors (Lipinski definition) is 0. The topological polar surface area (TPSA) is 3.24 Å². The molecule has 0 radical (unpaired) electrons. The Hall–Kier alpha value is -1.42. The van der Waals surface area contributed by atoms with E-state index in [2.05, 4.69) is 22.5 Å². The van der Waals surface area contributed by atoms with Gasteiger partial charge in [-0.1, -0.05) is 30.8 Å². The van der Waals surface area contributed by atoms with Gasteiger partial charge in [-0.15, -0.1) is 0 Å². The van der Waals surface area contributed by atoms with E-state index in [0.717, 1.165) is 21.3 Å². The fraction of sp³-hybridized carbons (Fsp3) is 0.200.